The minimum absolute atomic E-state index is 0.102. The van der Waals surface area contributed by atoms with Crippen molar-refractivity contribution < 1.29 is 32.2 Å². The number of amides is 2. The van der Waals surface area contributed by atoms with Crippen LogP contribution in [0.1, 0.15) is 44.1 Å². The van der Waals surface area contributed by atoms with Crippen molar-refractivity contribution in [2.45, 2.75) is 52.6 Å². The number of nitrogens with one attached hydrogen (secondary N) is 1. The smallest absolute Gasteiger partial charge is 0.406 e. The van der Waals surface area contributed by atoms with Crippen LogP contribution < -0.4 is 15.8 Å². The maximum atomic E-state index is 13.0. The molecule has 176 valence electrons. The SMILES string of the molecule is CC(C)(C)[C@H](NC(=O)c1nn(CC2CCOCC2)c2ccc(OC(F)(F)F)cc12)C(N)=O. The fraction of sp³-hybridized carbons (Fsp3) is 0.571. The molecule has 3 N–H and O–H groups in total. The van der Waals surface area contributed by atoms with E-state index in [0.29, 0.717) is 25.3 Å². The van der Waals surface area contributed by atoms with Gasteiger partial charge in [-0.15, -0.1) is 13.2 Å². The predicted molar refractivity (Wildman–Crippen MR) is 110 cm³/mol. The van der Waals surface area contributed by atoms with Gasteiger partial charge in [0.1, 0.15) is 11.8 Å². The van der Waals surface area contributed by atoms with Crippen LogP contribution >= 0.6 is 0 Å². The van der Waals surface area contributed by atoms with E-state index < -0.39 is 35.4 Å². The third-order valence-corrected chi connectivity index (χ3v) is 5.37. The lowest BCUT2D eigenvalue weighted by Crippen LogP contribution is -2.52. The lowest BCUT2D eigenvalue weighted by molar-refractivity contribution is -0.274. The number of ether oxygens (including phenoxy) is 2. The minimum Gasteiger partial charge on any atom is -0.406 e. The number of benzene rings is 1. The maximum absolute atomic E-state index is 13.0. The molecule has 1 aromatic heterocycles. The highest BCUT2D eigenvalue weighted by molar-refractivity contribution is 6.06. The summed E-state index contributed by atoms with van der Waals surface area (Å²) in [4.78, 5) is 24.9. The molecular weight excluding hydrogens is 429 g/mol. The fourth-order valence-corrected chi connectivity index (χ4v) is 3.75. The summed E-state index contributed by atoms with van der Waals surface area (Å²) in [7, 11) is 0. The number of carbonyl (C=O) groups excluding carboxylic acids is 2. The third kappa shape index (κ3) is 5.70. The third-order valence-electron chi connectivity index (χ3n) is 5.37. The molecule has 0 radical (unpaired) electrons. The van der Waals surface area contributed by atoms with E-state index in [9.17, 15) is 22.8 Å². The Balaban J connectivity index is 2.00. The van der Waals surface area contributed by atoms with Gasteiger partial charge in [0.05, 0.1) is 5.52 Å². The summed E-state index contributed by atoms with van der Waals surface area (Å²) in [6.45, 7) is 6.92. The van der Waals surface area contributed by atoms with Crippen molar-refractivity contribution >= 4 is 22.7 Å². The summed E-state index contributed by atoms with van der Waals surface area (Å²) in [6, 6.07) is 2.75. The molecule has 2 amide bonds. The number of alkyl halides is 3. The highest BCUT2D eigenvalue weighted by Crippen LogP contribution is 2.30. The Labute approximate surface area is 183 Å². The van der Waals surface area contributed by atoms with Crippen LogP contribution in [0.3, 0.4) is 0 Å². The van der Waals surface area contributed by atoms with E-state index in [0.717, 1.165) is 18.9 Å². The summed E-state index contributed by atoms with van der Waals surface area (Å²) < 4.78 is 49.2. The van der Waals surface area contributed by atoms with Gasteiger partial charge in [0.15, 0.2) is 5.69 Å². The molecule has 32 heavy (non-hydrogen) atoms. The number of aromatic nitrogens is 2. The summed E-state index contributed by atoms with van der Waals surface area (Å²) in [5.41, 5.74) is 5.16. The van der Waals surface area contributed by atoms with Crippen LogP contribution in [0.15, 0.2) is 18.2 Å². The number of carbonyl (C=O) groups is 2. The Morgan fingerprint density at radius 2 is 1.94 bits per heavy atom. The standard InChI is InChI=1S/C21H27F3N4O4/c1-20(2,3)17(18(25)29)26-19(30)16-14-10-13(32-21(22,23)24)4-5-15(14)28(27-16)11-12-6-8-31-9-7-12/h4-5,10,12,17H,6-9,11H2,1-3H3,(H2,25,29)(H,26,30)/t17-/m1/s1. The predicted octanol–water partition coefficient (Wildman–Crippen LogP) is 2.99. The number of primary amides is 1. The van der Waals surface area contributed by atoms with Crippen molar-refractivity contribution in [2.24, 2.45) is 17.1 Å². The van der Waals surface area contributed by atoms with Gasteiger partial charge < -0.3 is 20.5 Å². The largest absolute Gasteiger partial charge is 0.573 e. The molecule has 1 saturated heterocycles. The van der Waals surface area contributed by atoms with Crippen molar-refractivity contribution in [3.63, 3.8) is 0 Å². The van der Waals surface area contributed by atoms with Crippen molar-refractivity contribution in [3.8, 4) is 5.75 Å². The lowest BCUT2D eigenvalue weighted by atomic mass is 9.86. The maximum Gasteiger partial charge on any atom is 0.573 e. The van der Waals surface area contributed by atoms with Gasteiger partial charge >= 0.3 is 6.36 Å². The van der Waals surface area contributed by atoms with Gasteiger partial charge in [0.25, 0.3) is 5.91 Å². The Bertz CT molecular complexity index is 991. The first-order chi connectivity index (χ1) is 14.8. The zero-order chi connectivity index (χ0) is 23.7. The number of rotatable bonds is 6. The highest BCUT2D eigenvalue weighted by Gasteiger charge is 2.34. The van der Waals surface area contributed by atoms with E-state index in [1.165, 1.54) is 12.1 Å². The molecule has 2 heterocycles. The Morgan fingerprint density at radius 3 is 2.50 bits per heavy atom. The number of hydrogen-bond donors (Lipinski definition) is 2. The van der Waals surface area contributed by atoms with Crippen LogP contribution in [0.2, 0.25) is 0 Å². The van der Waals surface area contributed by atoms with Gasteiger partial charge in [0.2, 0.25) is 5.91 Å². The van der Waals surface area contributed by atoms with Crippen LogP contribution in [0.25, 0.3) is 10.9 Å². The first-order valence-electron chi connectivity index (χ1n) is 10.3. The molecule has 3 rings (SSSR count). The molecule has 2 aromatic rings. The molecule has 0 aliphatic carbocycles. The fourth-order valence-electron chi connectivity index (χ4n) is 3.75. The van der Waals surface area contributed by atoms with Gasteiger partial charge in [-0.2, -0.15) is 5.10 Å². The van der Waals surface area contributed by atoms with E-state index in [-0.39, 0.29) is 17.0 Å². The molecule has 0 bridgehead atoms. The van der Waals surface area contributed by atoms with Gasteiger partial charge in [0, 0.05) is 25.1 Å². The summed E-state index contributed by atoms with van der Waals surface area (Å²) in [6.07, 6.45) is -3.25. The second-order valence-corrected chi connectivity index (χ2v) is 8.99. The molecule has 1 aromatic carbocycles. The molecule has 0 saturated carbocycles. The number of halogens is 3. The van der Waals surface area contributed by atoms with Crippen LogP contribution in [-0.2, 0) is 16.1 Å². The quantitative estimate of drug-likeness (QED) is 0.695. The van der Waals surface area contributed by atoms with Gasteiger partial charge in [-0.25, -0.2) is 0 Å². The summed E-state index contributed by atoms with van der Waals surface area (Å²) >= 11 is 0. The van der Waals surface area contributed by atoms with Crippen LogP contribution in [0, 0.1) is 11.3 Å². The van der Waals surface area contributed by atoms with Gasteiger partial charge in [-0.1, -0.05) is 20.8 Å². The number of fused-ring (bicyclic) bond motifs is 1. The van der Waals surface area contributed by atoms with Crippen LogP contribution in [0.5, 0.6) is 5.75 Å². The van der Waals surface area contributed by atoms with Crippen molar-refractivity contribution in [1.29, 1.82) is 0 Å². The zero-order valence-corrected chi connectivity index (χ0v) is 18.2. The second-order valence-electron chi connectivity index (χ2n) is 8.99. The molecule has 1 aliphatic heterocycles. The Kier molecular flexibility index (Phi) is 6.68. The van der Waals surface area contributed by atoms with Crippen molar-refractivity contribution in [2.75, 3.05) is 13.2 Å². The summed E-state index contributed by atoms with van der Waals surface area (Å²) in [5, 5.41) is 7.16. The van der Waals surface area contributed by atoms with Crippen molar-refractivity contribution in [3.05, 3.63) is 23.9 Å². The van der Waals surface area contributed by atoms with Crippen LogP contribution in [-0.4, -0.2) is 47.2 Å². The topological polar surface area (TPSA) is 108 Å². The average Bonchev–Trinajstić information content (AvgIpc) is 3.02. The molecule has 1 atom stereocenters. The monoisotopic (exact) mass is 456 g/mol. The van der Waals surface area contributed by atoms with Gasteiger partial charge in [-0.3, -0.25) is 14.3 Å². The molecule has 11 heteroatoms. The van der Waals surface area contributed by atoms with E-state index in [4.69, 9.17) is 10.5 Å². The molecule has 8 nitrogen and oxygen atoms in total. The average molecular weight is 456 g/mol. The Hall–Kier alpha value is -2.82. The number of nitrogens with two attached hydrogens (primary N) is 1. The van der Waals surface area contributed by atoms with E-state index in [2.05, 4.69) is 15.2 Å². The molecule has 1 fully saturated rings. The van der Waals surface area contributed by atoms with E-state index in [1.807, 2.05) is 0 Å². The lowest BCUT2D eigenvalue weighted by Gasteiger charge is -2.28. The number of hydrogen-bond acceptors (Lipinski definition) is 5. The molecule has 0 spiro atoms. The number of nitrogens with zero attached hydrogens (tertiary/aromatic N) is 2. The Morgan fingerprint density at radius 1 is 1.28 bits per heavy atom. The molecule has 1 aliphatic rings. The zero-order valence-electron chi connectivity index (χ0n) is 18.2. The first-order valence-corrected chi connectivity index (χ1v) is 10.3. The van der Waals surface area contributed by atoms with E-state index >= 15 is 0 Å². The minimum atomic E-state index is -4.88. The van der Waals surface area contributed by atoms with Crippen molar-refractivity contribution in [1.82, 2.24) is 15.1 Å². The van der Waals surface area contributed by atoms with E-state index in [1.54, 1.807) is 25.5 Å². The van der Waals surface area contributed by atoms with Crippen LogP contribution in [0.4, 0.5) is 13.2 Å². The first kappa shape index (κ1) is 23.8. The molecular formula is C21H27F3N4O4. The summed E-state index contributed by atoms with van der Waals surface area (Å²) in [5.74, 6) is -1.64. The molecule has 0 unspecified atom stereocenters. The highest BCUT2D eigenvalue weighted by atomic mass is 19.4. The second kappa shape index (κ2) is 8.97. The van der Waals surface area contributed by atoms with Gasteiger partial charge in [-0.05, 0) is 42.4 Å². The normalized spacial score (nSPS) is 16.7.